The smallest absolute Gasteiger partial charge is 0.191 e. The molecule has 1 saturated heterocycles. The van der Waals surface area contributed by atoms with Crippen LogP contribution in [0.3, 0.4) is 0 Å². The molecule has 2 aliphatic rings. The molecule has 0 spiro atoms. The summed E-state index contributed by atoms with van der Waals surface area (Å²) in [5.74, 6) is 0.510. The van der Waals surface area contributed by atoms with Gasteiger partial charge >= 0.3 is 0 Å². The summed E-state index contributed by atoms with van der Waals surface area (Å²) >= 11 is 0. The van der Waals surface area contributed by atoms with Crippen LogP contribution in [0.2, 0.25) is 0 Å². The maximum absolute atomic E-state index is 5.48. The molecule has 1 aliphatic heterocycles. The molecule has 0 aromatic rings. The first kappa shape index (κ1) is 7.81. The first-order valence-electron chi connectivity index (χ1n) is 4.23. The first-order valence-corrected chi connectivity index (χ1v) is 4.23. The van der Waals surface area contributed by atoms with Crippen molar-refractivity contribution < 1.29 is 9.47 Å². The van der Waals surface area contributed by atoms with Gasteiger partial charge in [0.05, 0.1) is 13.2 Å². The molecule has 0 aromatic carbocycles. The van der Waals surface area contributed by atoms with E-state index in [1.165, 1.54) is 0 Å². The minimum Gasteiger partial charge on any atom is -0.347 e. The van der Waals surface area contributed by atoms with Gasteiger partial charge in [-0.05, 0) is 12.2 Å². The Morgan fingerprint density at radius 1 is 1.42 bits per heavy atom. The van der Waals surface area contributed by atoms with Crippen molar-refractivity contribution in [3.63, 3.8) is 0 Å². The van der Waals surface area contributed by atoms with E-state index in [2.05, 4.69) is 12.7 Å². The van der Waals surface area contributed by atoms with E-state index >= 15 is 0 Å². The van der Waals surface area contributed by atoms with E-state index in [0.29, 0.717) is 5.92 Å². The summed E-state index contributed by atoms with van der Waals surface area (Å²) in [5, 5.41) is 0. The summed E-state index contributed by atoms with van der Waals surface area (Å²) in [6.07, 6.45) is 5.61. The third-order valence-corrected chi connectivity index (χ3v) is 1.94. The minimum absolute atomic E-state index is 0.184. The number of allylic oxidation sites excluding steroid dienone is 1. The Morgan fingerprint density at radius 2 is 2.17 bits per heavy atom. The summed E-state index contributed by atoms with van der Waals surface area (Å²) < 4.78 is 11.0. The van der Waals surface area contributed by atoms with Crippen LogP contribution < -0.4 is 0 Å². The highest BCUT2D eigenvalue weighted by Crippen LogP contribution is 2.18. The van der Waals surface area contributed by atoms with Gasteiger partial charge in [0.15, 0.2) is 6.29 Å². The molecule has 2 nitrogen and oxygen atoms in total. The second-order valence-electron chi connectivity index (χ2n) is 3.23. The summed E-state index contributed by atoms with van der Waals surface area (Å²) in [4.78, 5) is 0. The van der Waals surface area contributed by atoms with Crippen molar-refractivity contribution in [2.75, 3.05) is 13.2 Å². The van der Waals surface area contributed by atoms with Gasteiger partial charge < -0.3 is 9.47 Å². The van der Waals surface area contributed by atoms with Gasteiger partial charge in [-0.2, -0.15) is 0 Å². The van der Waals surface area contributed by atoms with E-state index in [0.717, 1.165) is 18.8 Å². The van der Waals surface area contributed by atoms with Gasteiger partial charge in [0.1, 0.15) is 0 Å². The molecule has 1 heterocycles. The third kappa shape index (κ3) is 1.51. The molecule has 0 saturated carbocycles. The Bertz CT molecular complexity index is 251. The van der Waals surface area contributed by atoms with Crippen LogP contribution in [-0.2, 0) is 9.47 Å². The normalized spacial score (nSPS) is 33.9. The van der Waals surface area contributed by atoms with Gasteiger partial charge in [-0.15, -0.1) is 5.73 Å². The maximum atomic E-state index is 5.48. The summed E-state index contributed by atoms with van der Waals surface area (Å²) in [5.41, 5.74) is 4.07. The Kier molecular flexibility index (Phi) is 2.13. The quantitative estimate of drug-likeness (QED) is 0.548. The molecule has 2 rings (SSSR count). The molecule has 0 bridgehead atoms. The van der Waals surface area contributed by atoms with Crippen molar-refractivity contribution in [2.24, 2.45) is 5.92 Å². The molecule has 1 aliphatic carbocycles. The maximum Gasteiger partial charge on any atom is 0.191 e. The number of hydrogen-bond donors (Lipinski definition) is 0. The highest BCUT2D eigenvalue weighted by molar-refractivity contribution is 5.30. The predicted molar refractivity (Wildman–Crippen MR) is 45.6 cm³/mol. The molecule has 0 aromatic heterocycles. The van der Waals surface area contributed by atoms with Gasteiger partial charge in [0, 0.05) is 11.5 Å². The Balaban J connectivity index is 1.98. The molecule has 1 fully saturated rings. The van der Waals surface area contributed by atoms with Crippen molar-refractivity contribution in [2.45, 2.75) is 13.2 Å². The Morgan fingerprint density at radius 3 is 2.75 bits per heavy atom. The molecule has 0 atom stereocenters. The van der Waals surface area contributed by atoms with Crippen molar-refractivity contribution in [1.29, 1.82) is 0 Å². The van der Waals surface area contributed by atoms with E-state index in [1.54, 1.807) is 0 Å². The van der Waals surface area contributed by atoms with Gasteiger partial charge in [-0.3, -0.25) is 0 Å². The SMILES string of the molecule is CC1COC(C2=C=CC=C2)OC1. The van der Waals surface area contributed by atoms with E-state index in [1.807, 2.05) is 18.2 Å². The van der Waals surface area contributed by atoms with Gasteiger partial charge in [0.2, 0.25) is 0 Å². The third-order valence-electron chi connectivity index (χ3n) is 1.94. The fourth-order valence-corrected chi connectivity index (χ4v) is 1.27. The number of ether oxygens (including phenoxy) is 2. The fourth-order valence-electron chi connectivity index (χ4n) is 1.27. The van der Waals surface area contributed by atoms with Crippen LogP contribution in [0.25, 0.3) is 0 Å². The monoisotopic (exact) mass is 164 g/mol. The molecule has 0 unspecified atom stereocenters. The van der Waals surface area contributed by atoms with E-state index in [9.17, 15) is 0 Å². The molecule has 2 heteroatoms. The van der Waals surface area contributed by atoms with Crippen LogP contribution in [0, 0.1) is 5.92 Å². The van der Waals surface area contributed by atoms with Crippen LogP contribution in [-0.4, -0.2) is 19.5 Å². The highest BCUT2D eigenvalue weighted by atomic mass is 16.7. The topological polar surface area (TPSA) is 18.5 Å². The lowest BCUT2D eigenvalue weighted by molar-refractivity contribution is -0.175. The number of rotatable bonds is 1. The summed E-state index contributed by atoms with van der Waals surface area (Å²) in [6, 6.07) is 0. The van der Waals surface area contributed by atoms with Crippen LogP contribution in [0.4, 0.5) is 0 Å². The van der Waals surface area contributed by atoms with Crippen molar-refractivity contribution in [3.05, 3.63) is 29.5 Å². The molecular weight excluding hydrogens is 152 g/mol. The zero-order valence-electron chi connectivity index (χ0n) is 7.12. The fraction of sp³-hybridized carbons (Fsp3) is 0.500. The lowest BCUT2D eigenvalue weighted by Crippen LogP contribution is -2.31. The lowest BCUT2D eigenvalue weighted by Gasteiger charge is -2.26. The minimum atomic E-state index is -0.184. The van der Waals surface area contributed by atoms with Crippen molar-refractivity contribution >= 4 is 0 Å². The second kappa shape index (κ2) is 3.28. The van der Waals surface area contributed by atoms with E-state index in [4.69, 9.17) is 9.47 Å². The van der Waals surface area contributed by atoms with Crippen molar-refractivity contribution in [3.8, 4) is 0 Å². The molecule has 12 heavy (non-hydrogen) atoms. The predicted octanol–water partition coefficient (Wildman–Crippen LogP) is 1.65. The van der Waals surface area contributed by atoms with Gasteiger partial charge in [0.25, 0.3) is 0 Å². The molecule has 0 amide bonds. The largest absolute Gasteiger partial charge is 0.347 e. The van der Waals surface area contributed by atoms with Crippen LogP contribution in [0.5, 0.6) is 0 Å². The summed E-state index contributed by atoms with van der Waals surface area (Å²) in [7, 11) is 0. The molecule has 64 valence electrons. The highest BCUT2D eigenvalue weighted by Gasteiger charge is 2.21. The van der Waals surface area contributed by atoms with Crippen LogP contribution in [0.15, 0.2) is 29.5 Å². The van der Waals surface area contributed by atoms with Crippen molar-refractivity contribution in [1.82, 2.24) is 0 Å². The van der Waals surface area contributed by atoms with Crippen LogP contribution >= 0.6 is 0 Å². The second-order valence-corrected chi connectivity index (χ2v) is 3.23. The lowest BCUT2D eigenvalue weighted by atomic mass is 10.2. The van der Waals surface area contributed by atoms with Gasteiger partial charge in [-0.1, -0.05) is 13.0 Å². The molecule has 0 radical (unpaired) electrons. The number of hydrogen-bond acceptors (Lipinski definition) is 2. The Labute approximate surface area is 72.2 Å². The molecular formula is C10H12O2. The summed E-state index contributed by atoms with van der Waals surface area (Å²) in [6.45, 7) is 3.68. The first-order chi connectivity index (χ1) is 5.86. The average molecular weight is 164 g/mol. The zero-order valence-corrected chi connectivity index (χ0v) is 7.12. The molecule has 0 N–H and O–H groups in total. The van der Waals surface area contributed by atoms with E-state index in [-0.39, 0.29) is 6.29 Å². The van der Waals surface area contributed by atoms with E-state index < -0.39 is 0 Å². The standard InChI is InChI=1S/C10H12O2/c1-8-6-11-10(12-7-8)9-4-2-3-5-9/h2-4,8,10H,6-7H2,1H3. The van der Waals surface area contributed by atoms with Gasteiger partial charge in [-0.25, -0.2) is 0 Å². The Hall–Kier alpha value is -0.820. The van der Waals surface area contributed by atoms with Crippen LogP contribution in [0.1, 0.15) is 6.92 Å². The average Bonchev–Trinajstić information content (AvgIpc) is 2.58. The zero-order chi connectivity index (χ0) is 8.39.